The Morgan fingerprint density at radius 3 is 2.58 bits per heavy atom. The fourth-order valence-corrected chi connectivity index (χ4v) is 2.35. The molecular formula is C20H19NO5. The highest BCUT2D eigenvalue weighted by atomic mass is 16.6. The van der Waals surface area contributed by atoms with Crippen molar-refractivity contribution in [3.63, 3.8) is 0 Å². The van der Waals surface area contributed by atoms with Gasteiger partial charge in [0.05, 0.1) is 0 Å². The van der Waals surface area contributed by atoms with E-state index in [1.54, 1.807) is 36.4 Å². The van der Waals surface area contributed by atoms with E-state index in [0.29, 0.717) is 30.4 Å². The van der Waals surface area contributed by atoms with Crippen LogP contribution in [-0.2, 0) is 14.3 Å². The number of nitrogens with one attached hydrogen (secondary N) is 1. The maximum atomic E-state index is 11.8. The number of amides is 1. The molecule has 0 fully saturated rings. The molecule has 6 nitrogen and oxygen atoms in total. The molecule has 0 radical (unpaired) electrons. The van der Waals surface area contributed by atoms with Crippen LogP contribution in [-0.4, -0.2) is 31.7 Å². The van der Waals surface area contributed by atoms with Crippen molar-refractivity contribution in [2.75, 3.05) is 25.1 Å². The number of rotatable bonds is 5. The van der Waals surface area contributed by atoms with Crippen LogP contribution in [0.1, 0.15) is 11.1 Å². The number of hydrogen-bond acceptors (Lipinski definition) is 5. The van der Waals surface area contributed by atoms with Gasteiger partial charge in [0.2, 0.25) is 0 Å². The number of benzene rings is 2. The molecule has 0 atom stereocenters. The smallest absolute Gasteiger partial charge is 0.331 e. The second-order valence-corrected chi connectivity index (χ2v) is 5.76. The molecular weight excluding hydrogens is 334 g/mol. The lowest BCUT2D eigenvalue weighted by Crippen LogP contribution is -2.20. The Hall–Kier alpha value is -3.28. The first-order valence-corrected chi connectivity index (χ1v) is 8.21. The molecule has 1 aliphatic heterocycles. The largest absolute Gasteiger partial charge is 0.486 e. The molecule has 0 saturated heterocycles. The van der Waals surface area contributed by atoms with Crippen LogP contribution in [0.15, 0.2) is 48.5 Å². The predicted octanol–water partition coefficient (Wildman–Crippen LogP) is 2.96. The summed E-state index contributed by atoms with van der Waals surface area (Å²) in [6.07, 6.45) is 2.86. The number of carbonyl (C=O) groups excluding carboxylic acids is 2. The van der Waals surface area contributed by atoms with Crippen LogP contribution in [0.4, 0.5) is 5.69 Å². The highest BCUT2D eigenvalue weighted by Gasteiger charge is 2.11. The highest BCUT2D eigenvalue weighted by Crippen LogP contribution is 2.31. The highest BCUT2D eigenvalue weighted by molar-refractivity contribution is 5.94. The fourth-order valence-electron chi connectivity index (χ4n) is 2.35. The van der Waals surface area contributed by atoms with Crippen LogP contribution in [0.2, 0.25) is 0 Å². The lowest BCUT2D eigenvalue weighted by Gasteiger charge is -2.18. The van der Waals surface area contributed by atoms with Gasteiger partial charge in [-0.25, -0.2) is 4.79 Å². The summed E-state index contributed by atoms with van der Waals surface area (Å²) in [5.41, 5.74) is 2.53. The molecule has 2 aromatic rings. The van der Waals surface area contributed by atoms with Crippen molar-refractivity contribution in [1.82, 2.24) is 0 Å². The summed E-state index contributed by atoms with van der Waals surface area (Å²) < 4.78 is 15.9. The maximum Gasteiger partial charge on any atom is 0.331 e. The zero-order valence-electron chi connectivity index (χ0n) is 14.4. The minimum absolute atomic E-state index is 0.349. The van der Waals surface area contributed by atoms with E-state index in [1.165, 1.54) is 6.08 Å². The third-order valence-electron chi connectivity index (χ3n) is 3.66. The van der Waals surface area contributed by atoms with Crippen LogP contribution in [0.3, 0.4) is 0 Å². The Morgan fingerprint density at radius 1 is 1.08 bits per heavy atom. The normalized spacial score (nSPS) is 12.7. The van der Waals surface area contributed by atoms with E-state index in [9.17, 15) is 9.59 Å². The lowest BCUT2D eigenvalue weighted by molar-refractivity contribution is -0.142. The maximum absolute atomic E-state index is 11.8. The first-order valence-electron chi connectivity index (χ1n) is 8.21. The van der Waals surface area contributed by atoms with Gasteiger partial charge in [-0.3, -0.25) is 4.79 Å². The molecule has 1 amide bonds. The average Bonchev–Trinajstić information content (AvgIpc) is 2.66. The van der Waals surface area contributed by atoms with E-state index >= 15 is 0 Å². The van der Waals surface area contributed by atoms with Gasteiger partial charge in [0, 0.05) is 11.8 Å². The number of anilines is 1. The van der Waals surface area contributed by atoms with E-state index in [-0.39, 0.29) is 6.61 Å². The topological polar surface area (TPSA) is 73.9 Å². The molecule has 0 aliphatic carbocycles. The third-order valence-corrected chi connectivity index (χ3v) is 3.66. The van der Waals surface area contributed by atoms with Crippen molar-refractivity contribution >= 4 is 23.6 Å². The van der Waals surface area contributed by atoms with Gasteiger partial charge in [-0.2, -0.15) is 0 Å². The zero-order chi connectivity index (χ0) is 18.4. The van der Waals surface area contributed by atoms with E-state index in [4.69, 9.17) is 14.2 Å². The molecule has 134 valence electrons. The predicted molar refractivity (Wildman–Crippen MR) is 97.2 cm³/mol. The Bertz CT molecular complexity index is 827. The molecule has 0 bridgehead atoms. The number of aryl methyl sites for hydroxylation is 1. The molecule has 3 rings (SSSR count). The molecule has 1 N–H and O–H groups in total. The van der Waals surface area contributed by atoms with Gasteiger partial charge < -0.3 is 19.5 Å². The quantitative estimate of drug-likeness (QED) is 0.661. The van der Waals surface area contributed by atoms with Crippen molar-refractivity contribution in [1.29, 1.82) is 0 Å². The average molecular weight is 353 g/mol. The van der Waals surface area contributed by atoms with Crippen LogP contribution in [0, 0.1) is 6.92 Å². The number of ether oxygens (including phenoxy) is 3. The Kier molecular flexibility index (Phi) is 5.53. The lowest BCUT2D eigenvalue weighted by atomic mass is 10.2. The number of hydrogen-bond donors (Lipinski definition) is 1. The molecule has 6 heteroatoms. The van der Waals surface area contributed by atoms with Crippen molar-refractivity contribution in [3.05, 3.63) is 59.7 Å². The first-order chi connectivity index (χ1) is 12.6. The van der Waals surface area contributed by atoms with Gasteiger partial charge in [-0.05, 0) is 42.8 Å². The first kappa shape index (κ1) is 17.5. The Balaban J connectivity index is 1.48. The number of esters is 1. The standard InChI is InChI=1S/C20H19NO5/c1-14-2-6-16(7-3-14)21-19(22)13-26-20(23)9-5-15-4-8-17-18(12-15)25-11-10-24-17/h2-9,12H,10-11,13H2,1H3,(H,21,22). The van der Waals surface area contributed by atoms with E-state index < -0.39 is 11.9 Å². The van der Waals surface area contributed by atoms with Crippen molar-refractivity contribution in [3.8, 4) is 11.5 Å². The van der Waals surface area contributed by atoms with Crippen molar-refractivity contribution < 1.29 is 23.8 Å². The molecule has 0 aromatic heterocycles. The summed E-state index contributed by atoms with van der Waals surface area (Å²) >= 11 is 0. The van der Waals surface area contributed by atoms with E-state index in [0.717, 1.165) is 11.1 Å². The van der Waals surface area contributed by atoms with E-state index in [1.807, 2.05) is 19.1 Å². The van der Waals surface area contributed by atoms with Crippen LogP contribution >= 0.6 is 0 Å². The van der Waals surface area contributed by atoms with Gasteiger partial charge in [0.1, 0.15) is 13.2 Å². The van der Waals surface area contributed by atoms with Gasteiger partial charge in [-0.15, -0.1) is 0 Å². The summed E-state index contributed by atoms with van der Waals surface area (Å²) in [7, 11) is 0. The summed E-state index contributed by atoms with van der Waals surface area (Å²) in [5.74, 6) is 0.335. The van der Waals surface area contributed by atoms with Crippen molar-refractivity contribution in [2.24, 2.45) is 0 Å². The molecule has 0 saturated carbocycles. The van der Waals surface area contributed by atoms with Crippen LogP contribution in [0.5, 0.6) is 11.5 Å². The third kappa shape index (κ3) is 4.86. The molecule has 1 aliphatic rings. The van der Waals surface area contributed by atoms with Gasteiger partial charge in [0.25, 0.3) is 5.91 Å². The Labute approximate surface area is 151 Å². The SMILES string of the molecule is Cc1ccc(NC(=O)COC(=O)C=Cc2ccc3c(c2)OCCO3)cc1. The van der Waals surface area contributed by atoms with Gasteiger partial charge in [-0.1, -0.05) is 23.8 Å². The summed E-state index contributed by atoms with van der Waals surface area (Å²) in [5, 5.41) is 2.66. The second kappa shape index (κ2) is 8.20. The minimum Gasteiger partial charge on any atom is -0.486 e. The molecule has 26 heavy (non-hydrogen) atoms. The monoisotopic (exact) mass is 353 g/mol. The molecule has 0 unspecified atom stereocenters. The number of carbonyl (C=O) groups is 2. The van der Waals surface area contributed by atoms with Crippen LogP contribution in [0.25, 0.3) is 6.08 Å². The van der Waals surface area contributed by atoms with Crippen LogP contribution < -0.4 is 14.8 Å². The molecule has 1 heterocycles. The zero-order valence-corrected chi connectivity index (χ0v) is 14.4. The Morgan fingerprint density at radius 2 is 1.81 bits per heavy atom. The summed E-state index contributed by atoms with van der Waals surface area (Å²) in [4.78, 5) is 23.6. The van der Waals surface area contributed by atoms with E-state index in [2.05, 4.69) is 5.32 Å². The second-order valence-electron chi connectivity index (χ2n) is 5.76. The van der Waals surface area contributed by atoms with Crippen molar-refractivity contribution in [2.45, 2.75) is 6.92 Å². The summed E-state index contributed by atoms with van der Waals surface area (Å²) in [6.45, 7) is 2.64. The van der Waals surface area contributed by atoms with Gasteiger partial charge >= 0.3 is 5.97 Å². The summed E-state index contributed by atoms with van der Waals surface area (Å²) in [6, 6.07) is 12.7. The van der Waals surface area contributed by atoms with Gasteiger partial charge in [0.15, 0.2) is 18.1 Å². The molecule has 2 aromatic carbocycles. The fraction of sp³-hybridized carbons (Fsp3) is 0.200. The number of fused-ring (bicyclic) bond motifs is 1. The minimum atomic E-state index is -0.598. The molecule has 0 spiro atoms.